The molecule has 15 heavy (non-hydrogen) atoms. The largest absolute Gasteiger partial charge is 0.252 e. The molecule has 0 saturated heterocycles. The number of rotatable bonds is 0. The standard InChI is InChI=1S/C11H15N3S/c1-10(2)6-4-5-11(10,3)8-7(6)12-9(15)14-13-8/h6H,4-5H2,1-3H3,(H,12,14,15)/t6-,11-/m0/s1. The van der Waals surface area contributed by atoms with Gasteiger partial charge >= 0.3 is 0 Å². The van der Waals surface area contributed by atoms with Gasteiger partial charge in [-0.05, 0) is 30.5 Å². The number of aromatic nitrogens is 3. The molecule has 2 bridgehead atoms. The van der Waals surface area contributed by atoms with Crippen molar-refractivity contribution in [2.45, 2.75) is 44.9 Å². The zero-order valence-electron chi connectivity index (χ0n) is 9.29. The van der Waals surface area contributed by atoms with Crippen LogP contribution in [-0.2, 0) is 5.41 Å². The molecule has 80 valence electrons. The summed E-state index contributed by atoms with van der Waals surface area (Å²) >= 11 is 5.05. The SMILES string of the molecule is CC1(C)[C@H]2CC[C@@]1(C)c1n[nH]c(=S)nc12. The molecule has 3 rings (SSSR count). The van der Waals surface area contributed by atoms with Crippen LogP contribution in [0, 0.1) is 10.2 Å². The smallest absolute Gasteiger partial charge is 0.213 e. The predicted octanol–water partition coefficient (Wildman–Crippen LogP) is 2.71. The molecule has 0 aliphatic heterocycles. The minimum absolute atomic E-state index is 0.180. The summed E-state index contributed by atoms with van der Waals surface area (Å²) in [6.07, 6.45) is 2.45. The molecule has 1 heterocycles. The zero-order valence-corrected chi connectivity index (χ0v) is 10.1. The lowest BCUT2D eigenvalue weighted by molar-refractivity contribution is 0.226. The topological polar surface area (TPSA) is 41.6 Å². The van der Waals surface area contributed by atoms with E-state index >= 15 is 0 Å². The fraction of sp³-hybridized carbons (Fsp3) is 0.727. The van der Waals surface area contributed by atoms with Crippen molar-refractivity contribution in [1.82, 2.24) is 15.2 Å². The second-order valence-electron chi connectivity index (χ2n) is 5.52. The van der Waals surface area contributed by atoms with Crippen molar-refractivity contribution in [3.05, 3.63) is 16.2 Å². The highest BCUT2D eigenvalue weighted by Crippen LogP contribution is 2.66. The monoisotopic (exact) mass is 221 g/mol. The van der Waals surface area contributed by atoms with Crippen LogP contribution < -0.4 is 0 Å². The maximum atomic E-state index is 5.05. The molecule has 0 unspecified atom stereocenters. The van der Waals surface area contributed by atoms with E-state index in [-0.39, 0.29) is 10.8 Å². The number of hydrogen-bond donors (Lipinski definition) is 1. The number of hydrogen-bond acceptors (Lipinski definition) is 3. The average molecular weight is 221 g/mol. The van der Waals surface area contributed by atoms with E-state index in [0.717, 1.165) is 11.4 Å². The molecule has 1 aromatic heterocycles. The molecule has 4 heteroatoms. The lowest BCUT2D eigenvalue weighted by Crippen LogP contribution is -2.32. The van der Waals surface area contributed by atoms with E-state index in [0.29, 0.717) is 10.7 Å². The van der Waals surface area contributed by atoms with E-state index in [2.05, 4.69) is 36.0 Å². The highest BCUT2D eigenvalue weighted by Gasteiger charge is 2.61. The summed E-state index contributed by atoms with van der Waals surface area (Å²) in [4.78, 5) is 4.47. The second-order valence-corrected chi connectivity index (χ2v) is 5.91. The molecule has 0 radical (unpaired) electrons. The second kappa shape index (κ2) is 2.48. The molecular weight excluding hydrogens is 206 g/mol. The van der Waals surface area contributed by atoms with Gasteiger partial charge in [-0.1, -0.05) is 20.8 Å². The summed E-state index contributed by atoms with van der Waals surface area (Å²) in [7, 11) is 0. The Morgan fingerprint density at radius 3 is 2.87 bits per heavy atom. The highest BCUT2D eigenvalue weighted by molar-refractivity contribution is 7.71. The summed E-state index contributed by atoms with van der Waals surface area (Å²) in [5, 5.41) is 7.25. The van der Waals surface area contributed by atoms with Gasteiger partial charge < -0.3 is 0 Å². The first-order chi connectivity index (χ1) is 6.97. The van der Waals surface area contributed by atoms with E-state index in [9.17, 15) is 0 Å². The van der Waals surface area contributed by atoms with E-state index in [1.807, 2.05) is 0 Å². The molecule has 2 atom stereocenters. The van der Waals surface area contributed by atoms with Gasteiger partial charge in [-0.3, -0.25) is 5.10 Å². The maximum absolute atomic E-state index is 5.05. The van der Waals surface area contributed by atoms with Crippen molar-refractivity contribution in [1.29, 1.82) is 0 Å². The van der Waals surface area contributed by atoms with Crippen LogP contribution in [0.2, 0.25) is 0 Å². The Labute approximate surface area is 94.3 Å². The number of aromatic amines is 1. The van der Waals surface area contributed by atoms with Crippen LogP contribution in [0.3, 0.4) is 0 Å². The zero-order chi connectivity index (χ0) is 10.8. The summed E-state index contributed by atoms with van der Waals surface area (Å²) in [5.41, 5.74) is 2.75. The number of nitrogens with one attached hydrogen (secondary N) is 1. The normalized spacial score (nSPS) is 35.5. The lowest BCUT2D eigenvalue weighted by atomic mass is 9.70. The van der Waals surface area contributed by atoms with E-state index in [1.54, 1.807) is 0 Å². The third-order valence-corrected chi connectivity index (χ3v) is 4.99. The molecule has 2 aliphatic carbocycles. The van der Waals surface area contributed by atoms with Gasteiger partial charge in [-0.25, -0.2) is 4.98 Å². The van der Waals surface area contributed by atoms with Gasteiger partial charge in [0.25, 0.3) is 0 Å². The van der Waals surface area contributed by atoms with Gasteiger partial charge in [-0.15, -0.1) is 0 Å². The van der Waals surface area contributed by atoms with E-state index in [1.165, 1.54) is 12.8 Å². The number of nitrogens with zero attached hydrogens (tertiary/aromatic N) is 2. The van der Waals surface area contributed by atoms with Gasteiger partial charge in [0.1, 0.15) is 0 Å². The van der Waals surface area contributed by atoms with Crippen LogP contribution in [0.1, 0.15) is 50.9 Å². The molecule has 2 aliphatic rings. The molecular formula is C11H15N3S. The minimum Gasteiger partial charge on any atom is -0.252 e. The average Bonchev–Trinajstić information content (AvgIpc) is 2.47. The molecule has 1 aromatic rings. The molecule has 0 spiro atoms. The summed E-state index contributed by atoms with van der Waals surface area (Å²) in [5.74, 6) is 0.543. The van der Waals surface area contributed by atoms with Crippen LogP contribution in [0.4, 0.5) is 0 Å². The van der Waals surface area contributed by atoms with E-state index < -0.39 is 0 Å². The van der Waals surface area contributed by atoms with Crippen LogP contribution in [-0.4, -0.2) is 15.2 Å². The fourth-order valence-electron chi connectivity index (χ4n) is 3.40. The van der Waals surface area contributed by atoms with Crippen LogP contribution in [0.15, 0.2) is 0 Å². The molecule has 3 nitrogen and oxygen atoms in total. The predicted molar refractivity (Wildman–Crippen MR) is 60.3 cm³/mol. The Hall–Kier alpha value is -0.770. The summed E-state index contributed by atoms with van der Waals surface area (Å²) in [6, 6.07) is 0. The molecule has 0 aromatic carbocycles. The molecule has 0 amide bonds. The first kappa shape index (κ1) is 9.46. The van der Waals surface area contributed by atoms with Gasteiger partial charge in [-0.2, -0.15) is 5.10 Å². The Bertz CT molecular complexity index is 491. The van der Waals surface area contributed by atoms with Crippen molar-refractivity contribution in [2.75, 3.05) is 0 Å². The van der Waals surface area contributed by atoms with Crippen molar-refractivity contribution in [3.8, 4) is 0 Å². The maximum Gasteiger partial charge on any atom is 0.213 e. The number of fused-ring (bicyclic) bond motifs is 5. The Balaban J connectivity index is 2.33. The quantitative estimate of drug-likeness (QED) is 0.685. The van der Waals surface area contributed by atoms with Gasteiger partial charge in [0, 0.05) is 11.3 Å². The van der Waals surface area contributed by atoms with Gasteiger partial charge in [0.15, 0.2) is 0 Å². The number of H-pyrrole nitrogens is 1. The third-order valence-electron chi connectivity index (χ3n) is 4.81. The first-order valence-corrected chi connectivity index (χ1v) is 5.85. The molecule has 1 N–H and O–H groups in total. The summed E-state index contributed by atoms with van der Waals surface area (Å²) in [6.45, 7) is 6.97. The van der Waals surface area contributed by atoms with Crippen molar-refractivity contribution >= 4 is 12.2 Å². The van der Waals surface area contributed by atoms with Gasteiger partial charge in [0.2, 0.25) is 4.77 Å². The minimum atomic E-state index is 0.180. The van der Waals surface area contributed by atoms with E-state index in [4.69, 9.17) is 12.2 Å². The Morgan fingerprint density at radius 1 is 1.40 bits per heavy atom. The van der Waals surface area contributed by atoms with Crippen LogP contribution >= 0.6 is 12.2 Å². The van der Waals surface area contributed by atoms with Gasteiger partial charge in [0.05, 0.1) is 11.4 Å². The third kappa shape index (κ3) is 0.893. The Morgan fingerprint density at radius 2 is 2.13 bits per heavy atom. The van der Waals surface area contributed by atoms with Crippen molar-refractivity contribution in [3.63, 3.8) is 0 Å². The van der Waals surface area contributed by atoms with Crippen LogP contribution in [0.25, 0.3) is 0 Å². The molecule has 1 saturated carbocycles. The lowest BCUT2D eigenvalue weighted by Gasteiger charge is -2.33. The highest BCUT2D eigenvalue weighted by atomic mass is 32.1. The first-order valence-electron chi connectivity index (χ1n) is 5.44. The van der Waals surface area contributed by atoms with Crippen molar-refractivity contribution in [2.24, 2.45) is 5.41 Å². The summed E-state index contributed by atoms with van der Waals surface area (Å²) < 4.78 is 0.515. The van der Waals surface area contributed by atoms with Crippen LogP contribution in [0.5, 0.6) is 0 Å². The molecule has 1 fully saturated rings. The fourth-order valence-corrected chi connectivity index (χ4v) is 3.54. The Kier molecular flexibility index (Phi) is 1.57. The van der Waals surface area contributed by atoms with Crippen molar-refractivity contribution < 1.29 is 0 Å².